The lowest BCUT2D eigenvalue weighted by Gasteiger charge is -2.10. The van der Waals surface area contributed by atoms with E-state index in [1.807, 2.05) is 0 Å². The van der Waals surface area contributed by atoms with Crippen molar-refractivity contribution < 1.29 is 9.18 Å². The molecule has 1 aromatic rings. The zero-order valence-corrected chi connectivity index (χ0v) is 9.01. The number of rotatable bonds is 3. The Kier molecular flexibility index (Phi) is 4.05. The molecule has 3 nitrogen and oxygen atoms in total. The molecule has 0 saturated heterocycles. The van der Waals surface area contributed by atoms with Crippen LogP contribution in [0.5, 0.6) is 0 Å². The Morgan fingerprint density at radius 3 is 2.93 bits per heavy atom. The first-order valence-corrected chi connectivity index (χ1v) is 4.94. The molecule has 0 aliphatic rings. The minimum Gasteiger partial charge on any atom is -0.322 e. The van der Waals surface area contributed by atoms with Crippen molar-refractivity contribution in [1.29, 1.82) is 0 Å². The smallest absolute Gasteiger partial charge is 0.241 e. The van der Waals surface area contributed by atoms with Gasteiger partial charge >= 0.3 is 0 Å². The number of carbonyl (C=O) groups excluding carboxylic acids is 1. The minimum absolute atomic E-state index is 0.0522. The summed E-state index contributed by atoms with van der Waals surface area (Å²) >= 11 is 5.66. The van der Waals surface area contributed by atoms with Crippen LogP contribution in [0.2, 0.25) is 5.02 Å². The molecular formula is C10H12ClFN2O. The molecule has 1 rings (SSSR count). The predicted octanol–water partition coefficient (Wildman–Crippen LogP) is 2.15. The monoisotopic (exact) mass is 230 g/mol. The quantitative estimate of drug-likeness (QED) is 0.836. The fraction of sp³-hybridized carbons (Fsp3) is 0.300. The summed E-state index contributed by atoms with van der Waals surface area (Å²) in [7, 11) is 0. The minimum atomic E-state index is -0.636. The van der Waals surface area contributed by atoms with Crippen LogP contribution in [0.25, 0.3) is 0 Å². The summed E-state index contributed by atoms with van der Waals surface area (Å²) in [6.45, 7) is 1.78. The van der Waals surface area contributed by atoms with E-state index in [2.05, 4.69) is 5.32 Å². The highest BCUT2D eigenvalue weighted by Crippen LogP contribution is 2.19. The van der Waals surface area contributed by atoms with Crippen LogP contribution in [0, 0.1) is 5.82 Å². The van der Waals surface area contributed by atoms with Gasteiger partial charge in [0.2, 0.25) is 5.91 Å². The van der Waals surface area contributed by atoms with Gasteiger partial charge in [0, 0.05) is 5.02 Å². The van der Waals surface area contributed by atoms with Crippen LogP contribution in [0.4, 0.5) is 10.1 Å². The van der Waals surface area contributed by atoms with Gasteiger partial charge in [-0.2, -0.15) is 0 Å². The average Bonchev–Trinajstić information content (AvgIpc) is 2.22. The van der Waals surface area contributed by atoms with Crippen molar-refractivity contribution in [3.63, 3.8) is 0 Å². The number of benzene rings is 1. The Morgan fingerprint density at radius 2 is 2.33 bits per heavy atom. The molecule has 1 aromatic carbocycles. The van der Waals surface area contributed by atoms with E-state index in [-0.39, 0.29) is 5.69 Å². The van der Waals surface area contributed by atoms with Gasteiger partial charge in [0.15, 0.2) is 0 Å². The molecule has 0 aliphatic carbocycles. The maximum Gasteiger partial charge on any atom is 0.241 e. The van der Waals surface area contributed by atoms with Crippen molar-refractivity contribution in [2.24, 2.45) is 5.73 Å². The van der Waals surface area contributed by atoms with Gasteiger partial charge in [0.25, 0.3) is 0 Å². The van der Waals surface area contributed by atoms with Gasteiger partial charge in [-0.3, -0.25) is 4.79 Å². The number of halogens is 2. The maximum atomic E-state index is 13.2. The molecule has 0 spiro atoms. The van der Waals surface area contributed by atoms with E-state index in [4.69, 9.17) is 17.3 Å². The topological polar surface area (TPSA) is 55.1 Å². The lowest BCUT2D eigenvalue weighted by molar-refractivity contribution is -0.117. The molecule has 15 heavy (non-hydrogen) atoms. The van der Waals surface area contributed by atoms with Gasteiger partial charge in [-0.25, -0.2) is 4.39 Å². The van der Waals surface area contributed by atoms with E-state index in [1.54, 1.807) is 6.92 Å². The van der Waals surface area contributed by atoms with Gasteiger partial charge in [-0.15, -0.1) is 0 Å². The van der Waals surface area contributed by atoms with Crippen molar-refractivity contribution in [3.05, 3.63) is 29.0 Å². The molecule has 3 N–H and O–H groups in total. The second-order valence-electron chi connectivity index (χ2n) is 3.13. The third-order valence-corrected chi connectivity index (χ3v) is 2.20. The van der Waals surface area contributed by atoms with Gasteiger partial charge in [-0.1, -0.05) is 18.5 Å². The van der Waals surface area contributed by atoms with Crippen molar-refractivity contribution in [3.8, 4) is 0 Å². The second-order valence-corrected chi connectivity index (χ2v) is 3.56. The Balaban J connectivity index is 2.80. The Morgan fingerprint density at radius 1 is 1.67 bits per heavy atom. The van der Waals surface area contributed by atoms with Crippen LogP contribution in [-0.2, 0) is 4.79 Å². The number of nitrogens with two attached hydrogens (primary N) is 1. The van der Waals surface area contributed by atoms with Crippen molar-refractivity contribution in [1.82, 2.24) is 0 Å². The number of nitrogens with one attached hydrogen (secondary N) is 1. The standard InChI is InChI=1S/C10H12ClFN2O/c1-2-8(13)10(15)14-9-5-6(11)3-4-7(9)12/h3-5,8H,2,13H2,1H3,(H,14,15)/t8-/m1/s1. The fourth-order valence-electron chi connectivity index (χ4n) is 1.00. The number of carbonyl (C=O) groups is 1. The van der Waals surface area contributed by atoms with Crippen LogP contribution >= 0.6 is 11.6 Å². The molecule has 0 aromatic heterocycles. The predicted molar refractivity (Wildman–Crippen MR) is 58.3 cm³/mol. The summed E-state index contributed by atoms with van der Waals surface area (Å²) in [5.74, 6) is -0.949. The molecule has 1 atom stereocenters. The highest BCUT2D eigenvalue weighted by Gasteiger charge is 2.13. The Hall–Kier alpha value is -1.13. The first-order chi connectivity index (χ1) is 7.04. The summed E-state index contributed by atoms with van der Waals surface area (Å²) in [6.07, 6.45) is 0.494. The van der Waals surface area contributed by atoms with E-state index in [1.165, 1.54) is 18.2 Å². The van der Waals surface area contributed by atoms with Crippen LogP contribution in [-0.4, -0.2) is 11.9 Å². The highest BCUT2D eigenvalue weighted by atomic mass is 35.5. The van der Waals surface area contributed by atoms with E-state index in [0.717, 1.165) is 0 Å². The van der Waals surface area contributed by atoms with Crippen LogP contribution in [0.3, 0.4) is 0 Å². The first kappa shape index (κ1) is 11.9. The lowest BCUT2D eigenvalue weighted by atomic mass is 10.2. The Labute approximate surface area is 92.4 Å². The molecule has 0 heterocycles. The summed E-state index contributed by atoms with van der Waals surface area (Å²) < 4.78 is 13.2. The second kappa shape index (κ2) is 5.09. The van der Waals surface area contributed by atoms with Crippen molar-refractivity contribution in [2.45, 2.75) is 19.4 Å². The van der Waals surface area contributed by atoms with E-state index in [9.17, 15) is 9.18 Å². The zero-order chi connectivity index (χ0) is 11.4. The molecule has 0 aliphatic heterocycles. The maximum absolute atomic E-state index is 13.2. The van der Waals surface area contributed by atoms with E-state index in [0.29, 0.717) is 11.4 Å². The molecular weight excluding hydrogens is 219 g/mol. The number of hydrogen-bond donors (Lipinski definition) is 2. The zero-order valence-electron chi connectivity index (χ0n) is 8.26. The molecule has 0 saturated carbocycles. The van der Waals surface area contributed by atoms with Crippen LogP contribution in [0.15, 0.2) is 18.2 Å². The SMILES string of the molecule is CC[C@@H](N)C(=O)Nc1cc(Cl)ccc1F. The third kappa shape index (κ3) is 3.18. The molecule has 1 amide bonds. The van der Waals surface area contributed by atoms with Gasteiger partial charge in [0.05, 0.1) is 11.7 Å². The van der Waals surface area contributed by atoms with E-state index < -0.39 is 17.8 Å². The normalized spacial score (nSPS) is 12.3. The molecule has 82 valence electrons. The van der Waals surface area contributed by atoms with Crippen LogP contribution in [0.1, 0.15) is 13.3 Å². The number of anilines is 1. The largest absolute Gasteiger partial charge is 0.322 e. The fourth-order valence-corrected chi connectivity index (χ4v) is 1.18. The van der Waals surface area contributed by atoms with Gasteiger partial charge in [0.1, 0.15) is 5.82 Å². The number of hydrogen-bond acceptors (Lipinski definition) is 2. The molecule has 0 bridgehead atoms. The summed E-state index contributed by atoms with van der Waals surface area (Å²) in [5.41, 5.74) is 5.54. The summed E-state index contributed by atoms with van der Waals surface area (Å²) in [4.78, 5) is 11.4. The lowest BCUT2D eigenvalue weighted by Crippen LogP contribution is -2.35. The van der Waals surface area contributed by atoms with E-state index >= 15 is 0 Å². The summed E-state index contributed by atoms with van der Waals surface area (Å²) in [5, 5.41) is 2.74. The van der Waals surface area contributed by atoms with Gasteiger partial charge < -0.3 is 11.1 Å². The Bertz CT molecular complexity index is 370. The van der Waals surface area contributed by atoms with Gasteiger partial charge in [-0.05, 0) is 24.6 Å². The van der Waals surface area contributed by atoms with Crippen LogP contribution < -0.4 is 11.1 Å². The molecule has 0 radical (unpaired) electrons. The first-order valence-electron chi connectivity index (χ1n) is 4.56. The summed E-state index contributed by atoms with van der Waals surface area (Å²) in [6, 6.07) is 3.31. The van der Waals surface area contributed by atoms with Crippen molar-refractivity contribution >= 4 is 23.2 Å². The molecule has 0 fully saturated rings. The highest BCUT2D eigenvalue weighted by molar-refractivity contribution is 6.30. The average molecular weight is 231 g/mol. The van der Waals surface area contributed by atoms with Crippen molar-refractivity contribution in [2.75, 3.05) is 5.32 Å². The molecule has 5 heteroatoms. The third-order valence-electron chi connectivity index (χ3n) is 1.96. The molecule has 0 unspecified atom stereocenters. The number of amides is 1.